The van der Waals surface area contributed by atoms with Crippen molar-refractivity contribution in [1.29, 1.82) is 0 Å². The van der Waals surface area contributed by atoms with Gasteiger partial charge in [0.05, 0.1) is 27.4 Å². The van der Waals surface area contributed by atoms with Gasteiger partial charge in [-0.2, -0.15) is 0 Å². The highest BCUT2D eigenvalue weighted by molar-refractivity contribution is 5.57. The van der Waals surface area contributed by atoms with Crippen molar-refractivity contribution in [2.75, 3.05) is 28.4 Å². The summed E-state index contributed by atoms with van der Waals surface area (Å²) < 4.78 is 47.8. The van der Waals surface area contributed by atoms with Crippen LogP contribution in [0.2, 0.25) is 0 Å². The highest BCUT2D eigenvalue weighted by atomic mass is 16.5. The summed E-state index contributed by atoms with van der Waals surface area (Å²) in [6.07, 6.45) is 26.9. The Balaban J connectivity index is 1.44. The van der Waals surface area contributed by atoms with Gasteiger partial charge in [-0.3, -0.25) is 0 Å². The summed E-state index contributed by atoms with van der Waals surface area (Å²) in [4.78, 5) is 0. The van der Waals surface area contributed by atoms with E-state index in [1.807, 2.05) is 136 Å². The number of hydrogen-bond acceptors (Lipinski definition) is 8. The van der Waals surface area contributed by atoms with Crippen LogP contribution < -0.4 is 33.2 Å². The van der Waals surface area contributed by atoms with E-state index in [9.17, 15) is 0 Å². The van der Waals surface area contributed by atoms with Gasteiger partial charge in [-0.15, -0.1) is 0 Å². The molecule has 0 radical (unpaired) electrons. The molecular weight excluding hydrogens is 861 g/mol. The van der Waals surface area contributed by atoms with Crippen molar-refractivity contribution in [3.8, 4) is 46.0 Å². The molecule has 8 heteroatoms. The molecule has 1 aliphatic carbocycles. The Morgan fingerprint density at radius 3 is 1.81 bits per heavy atom. The van der Waals surface area contributed by atoms with Gasteiger partial charge in [-0.25, -0.2) is 0 Å². The summed E-state index contributed by atoms with van der Waals surface area (Å²) in [7, 11) is 6.64. The van der Waals surface area contributed by atoms with E-state index in [0.717, 1.165) is 73.6 Å². The maximum Gasteiger partial charge on any atom is 0.134 e. The monoisotopic (exact) mass is 924 g/mol. The Bertz CT molecular complexity index is 2750. The molecule has 0 saturated carbocycles. The summed E-state index contributed by atoms with van der Waals surface area (Å²) in [5.41, 5.74) is 6.28. The van der Waals surface area contributed by atoms with Crippen molar-refractivity contribution >= 4 is 0 Å². The number of rotatable bonds is 23. The Labute approximate surface area is 409 Å². The second-order valence-corrected chi connectivity index (χ2v) is 16.3. The second kappa shape index (κ2) is 25.5. The van der Waals surface area contributed by atoms with Crippen LogP contribution in [0, 0.1) is 19.8 Å². The fourth-order valence-electron chi connectivity index (χ4n) is 7.72. The lowest BCUT2D eigenvalue weighted by Gasteiger charge is -2.28. The smallest absolute Gasteiger partial charge is 0.134 e. The Morgan fingerprint density at radius 1 is 0.652 bits per heavy atom. The number of ether oxygens (including phenoxy) is 8. The Hall–Kier alpha value is -7.68. The molecule has 5 aromatic carbocycles. The van der Waals surface area contributed by atoms with E-state index in [0.29, 0.717) is 29.4 Å². The third-order valence-corrected chi connectivity index (χ3v) is 11.4. The molecule has 0 amide bonds. The lowest BCUT2D eigenvalue weighted by Crippen LogP contribution is -2.14. The van der Waals surface area contributed by atoms with E-state index in [-0.39, 0.29) is 17.9 Å². The Kier molecular flexibility index (Phi) is 18.7. The molecule has 0 aromatic heterocycles. The standard InChI is InChI=1S/C61H64O8/c1-11-48(66-54-31-25-51(63-8)26-32-54)18-14-16-45-21-23-47(40-45)60(58-39-42(4)38-43(5)61(58)69-56-35-29-53(65-10)30-36-56)57-41-46(22-37-59(57)68-50(13-3)24-20-44(6)62-7)17-15-19-49(12-2)67-55-33-27-52(64-9)28-34-55/h11-16,18-41,44,47,60H,1,17H2,2-10H3/b16-14+,19-15-,24-20-,48-18+,49-12+,50-13+. The van der Waals surface area contributed by atoms with Crippen molar-refractivity contribution in [3.63, 3.8) is 0 Å². The van der Waals surface area contributed by atoms with Gasteiger partial charge in [-0.05, 0) is 173 Å². The SMILES string of the molecule is C=C/C(=C\C=C\C1=CC(C(c2cc(C/C=C\C(=C/C)Oc3ccc(OC)cc3)ccc2OC(/C=C\C(C)OC)=C/C)c2cc(C)cc(C)c2Oc2ccc(OC)cc2)C=C1)Oc1ccc(OC)cc1. The van der Waals surface area contributed by atoms with Crippen molar-refractivity contribution in [3.05, 3.63) is 239 Å². The van der Waals surface area contributed by atoms with Crippen molar-refractivity contribution in [1.82, 2.24) is 0 Å². The largest absolute Gasteiger partial charge is 0.497 e. The first kappa shape index (κ1) is 50.7. The quantitative estimate of drug-likeness (QED) is 0.0474. The molecular formula is C61H64O8. The number of benzene rings is 5. The number of hydrogen-bond donors (Lipinski definition) is 0. The fraction of sp³-hybridized carbons (Fsp3) is 0.213. The molecule has 0 fully saturated rings. The van der Waals surface area contributed by atoms with Crippen LogP contribution in [0.5, 0.6) is 46.0 Å². The second-order valence-electron chi connectivity index (χ2n) is 16.3. The van der Waals surface area contributed by atoms with E-state index in [1.54, 1.807) is 34.5 Å². The van der Waals surface area contributed by atoms with Crippen LogP contribution in [-0.4, -0.2) is 34.5 Å². The van der Waals surface area contributed by atoms with Gasteiger partial charge in [-0.1, -0.05) is 78.9 Å². The normalized spacial score (nSPS) is 15.1. The highest BCUT2D eigenvalue weighted by Crippen LogP contribution is 2.47. The average molecular weight is 925 g/mol. The van der Waals surface area contributed by atoms with Gasteiger partial charge in [0.2, 0.25) is 0 Å². The molecule has 6 rings (SSSR count). The first-order chi connectivity index (χ1) is 33.6. The van der Waals surface area contributed by atoms with Crippen LogP contribution in [-0.2, 0) is 11.2 Å². The third kappa shape index (κ3) is 14.4. The van der Waals surface area contributed by atoms with E-state index in [2.05, 4.69) is 81.1 Å². The van der Waals surface area contributed by atoms with Crippen LogP contribution in [0.4, 0.5) is 0 Å². The predicted octanol–water partition coefficient (Wildman–Crippen LogP) is 15.0. The van der Waals surface area contributed by atoms with Crippen molar-refractivity contribution in [2.24, 2.45) is 5.92 Å². The van der Waals surface area contributed by atoms with E-state index in [1.165, 1.54) is 0 Å². The zero-order valence-corrected chi connectivity index (χ0v) is 41.2. The van der Waals surface area contributed by atoms with Crippen LogP contribution >= 0.6 is 0 Å². The highest BCUT2D eigenvalue weighted by Gasteiger charge is 2.31. The lowest BCUT2D eigenvalue weighted by molar-refractivity contribution is 0.156. The molecule has 69 heavy (non-hydrogen) atoms. The molecule has 5 aromatic rings. The maximum absolute atomic E-state index is 6.90. The molecule has 0 heterocycles. The molecule has 356 valence electrons. The molecule has 3 atom stereocenters. The topological polar surface area (TPSA) is 73.8 Å². The van der Waals surface area contributed by atoms with Crippen molar-refractivity contribution < 1.29 is 37.9 Å². The summed E-state index contributed by atoms with van der Waals surface area (Å²) in [6, 6.07) is 33.6. The summed E-state index contributed by atoms with van der Waals surface area (Å²) in [5.74, 6) is 7.55. The molecule has 8 nitrogen and oxygen atoms in total. The van der Waals surface area contributed by atoms with Gasteiger partial charge in [0, 0.05) is 30.1 Å². The molecule has 0 spiro atoms. The maximum atomic E-state index is 6.90. The number of aryl methyl sites for hydroxylation is 2. The van der Waals surface area contributed by atoms with Gasteiger partial charge in [0.1, 0.15) is 63.3 Å². The number of methoxy groups -OCH3 is 4. The summed E-state index contributed by atoms with van der Waals surface area (Å²) >= 11 is 0. The van der Waals surface area contributed by atoms with E-state index >= 15 is 0 Å². The van der Waals surface area contributed by atoms with E-state index in [4.69, 9.17) is 37.9 Å². The van der Waals surface area contributed by atoms with Gasteiger partial charge < -0.3 is 37.9 Å². The first-order valence-electron chi connectivity index (χ1n) is 23.0. The third-order valence-electron chi connectivity index (χ3n) is 11.4. The van der Waals surface area contributed by atoms with Gasteiger partial charge >= 0.3 is 0 Å². The zero-order chi connectivity index (χ0) is 49.1. The minimum absolute atomic E-state index is 0.0970. The van der Waals surface area contributed by atoms with Crippen LogP contribution in [0.15, 0.2) is 212 Å². The number of allylic oxidation sites excluding steroid dienone is 13. The Morgan fingerprint density at radius 2 is 1.23 bits per heavy atom. The van der Waals surface area contributed by atoms with Gasteiger partial charge in [0.15, 0.2) is 0 Å². The molecule has 0 aliphatic heterocycles. The van der Waals surface area contributed by atoms with Crippen molar-refractivity contribution in [2.45, 2.75) is 53.1 Å². The molecule has 0 bridgehead atoms. The molecule has 1 aliphatic rings. The summed E-state index contributed by atoms with van der Waals surface area (Å²) in [5, 5.41) is 0. The molecule has 0 N–H and O–H groups in total. The zero-order valence-electron chi connectivity index (χ0n) is 41.2. The minimum atomic E-state index is -0.264. The van der Waals surface area contributed by atoms with Crippen LogP contribution in [0.1, 0.15) is 54.5 Å². The molecule has 3 unspecified atom stereocenters. The first-order valence-corrected chi connectivity index (χ1v) is 23.0. The lowest BCUT2D eigenvalue weighted by atomic mass is 9.78. The van der Waals surface area contributed by atoms with Crippen LogP contribution in [0.25, 0.3) is 0 Å². The molecule has 0 saturated heterocycles. The fourth-order valence-corrected chi connectivity index (χ4v) is 7.72. The minimum Gasteiger partial charge on any atom is -0.497 e. The van der Waals surface area contributed by atoms with E-state index < -0.39 is 0 Å². The predicted molar refractivity (Wildman–Crippen MR) is 279 cm³/mol. The average Bonchev–Trinajstić information content (AvgIpc) is 3.84. The summed E-state index contributed by atoms with van der Waals surface area (Å²) in [6.45, 7) is 14.1. The van der Waals surface area contributed by atoms with Crippen LogP contribution in [0.3, 0.4) is 0 Å². The van der Waals surface area contributed by atoms with Gasteiger partial charge in [0.25, 0.3) is 0 Å².